The number of primary amides is 1. The van der Waals surface area contributed by atoms with E-state index in [-0.39, 0.29) is 5.91 Å². The lowest BCUT2D eigenvalue weighted by Gasteiger charge is -2.05. The monoisotopic (exact) mass is 359 g/mol. The molecule has 0 aromatic heterocycles. The van der Waals surface area contributed by atoms with E-state index in [0.29, 0.717) is 16.9 Å². The van der Waals surface area contributed by atoms with Crippen molar-refractivity contribution < 1.29 is 14.3 Å². The van der Waals surface area contributed by atoms with Crippen LogP contribution in [-0.2, 0) is 0 Å². The quantitative estimate of drug-likeness (QED) is 0.522. The Kier molecular flexibility index (Phi) is 5.59. The summed E-state index contributed by atoms with van der Waals surface area (Å²) in [5.41, 5.74) is 9.09. The SMILES string of the molecule is NC(=O)c1ccc(C(=O)N/N=C/c2cccc(Oc3ccccc3)c2)cc1. The van der Waals surface area contributed by atoms with Crippen LogP contribution in [0.3, 0.4) is 0 Å². The van der Waals surface area contributed by atoms with Gasteiger partial charge in [-0.05, 0) is 54.1 Å². The molecule has 3 N–H and O–H groups in total. The third-order valence-electron chi connectivity index (χ3n) is 3.65. The van der Waals surface area contributed by atoms with Crippen molar-refractivity contribution in [2.45, 2.75) is 0 Å². The molecular formula is C21H17N3O3. The standard InChI is InChI=1S/C21H17N3O3/c22-20(25)16-9-11-17(12-10-16)21(26)24-23-14-15-5-4-8-19(13-15)27-18-6-2-1-3-7-18/h1-14H,(H2,22,25)(H,24,26)/b23-14+. The molecule has 27 heavy (non-hydrogen) atoms. The minimum Gasteiger partial charge on any atom is -0.457 e. The van der Waals surface area contributed by atoms with E-state index in [2.05, 4.69) is 10.5 Å². The van der Waals surface area contributed by atoms with Crippen molar-refractivity contribution in [3.63, 3.8) is 0 Å². The third-order valence-corrected chi connectivity index (χ3v) is 3.65. The summed E-state index contributed by atoms with van der Waals surface area (Å²) in [4.78, 5) is 23.1. The Morgan fingerprint density at radius 3 is 2.22 bits per heavy atom. The molecule has 3 rings (SSSR count). The van der Waals surface area contributed by atoms with Crippen LogP contribution in [0.5, 0.6) is 11.5 Å². The molecule has 0 aliphatic rings. The topological polar surface area (TPSA) is 93.8 Å². The van der Waals surface area contributed by atoms with Crippen LogP contribution in [0.4, 0.5) is 0 Å². The lowest BCUT2D eigenvalue weighted by atomic mass is 10.1. The van der Waals surface area contributed by atoms with Crippen LogP contribution in [0.2, 0.25) is 0 Å². The molecule has 3 aromatic carbocycles. The molecule has 0 atom stereocenters. The summed E-state index contributed by atoms with van der Waals surface area (Å²) in [5, 5.41) is 3.95. The number of para-hydroxylation sites is 1. The van der Waals surface area contributed by atoms with Crippen LogP contribution in [0, 0.1) is 0 Å². The van der Waals surface area contributed by atoms with Gasteiger partial charge >= 0.3 is 0 Å². The molecule has 6 heteroatoms. The zero-order chi connectivity index (χ0) is 19.1. The van der Waals surface area contributed by atoms with E-state index in [0.717, 1.165) is 11.3 Å². The van der Waals surface area contributed by atoms with Gasteiger partial charge in [0.25, 0.3) is 5.91 Å². The first-order valence-electron chi connectivity index (χ1n) is 8.18. The molecule has 3 aromatic rings. The molecule has 0 unspecified atom stereocenters. The second-order valence-corrected chi connectivity index (χ2v) is 5.63. The van der Waals surface area contributed by atoms with Crippen molar-refractivity contribution in [3.8, 4) is 11.5 Å². The average Bonchev–Trinajstić information content (AvgIpc) is 2.69. The number of carbonyl (C=O) groups is 2. The normalized spacial score (nSPS) is 10.5. The number of benzene rings is 3. The van der Waals surface area contributed by atoms with Gasteiger partial charge in [0, 0.05) is 11.1 Å². The Balaban J connectivity index is 1.61. The molecule has 0 spiro atoms. The van der Waals surface area contributed by atoms with Crippen molar-refractivity contribution in [2.75, 3.05) is 0 Å². The summed E-state index contributed by atoms with van der Waals surface area (Å²) in [6.07, 6.45) is 1.52. The number of ether oxygens (including phenoxy) is 1. The van der Waals surface area contributed by atoms with Crippen molar-refractivity contribution in [1.29, 1.82) is 0 Å². The Morgan fingerprint density at radius 2 is 1.52 bits per heavy atom. The van der Waals surface area contributed by atoms with Crippen LogP contribution in [-0.4, -0.2) is 18.0 Å². The van der Waals surface area contributed by atoms with Crippen molar-refractivity contribution in [1.82, 2.24) is 5.43 Å². The average molecular weight is 359 g/mol. The summed E-state index contributed by atoms with van der Waals surface area (Å²) < 4.78 is 5.76. The molecule has 6 nitrogen and oxygen atoms in total. The van der Waals surface area contributed by atoms with Gasteiger partial charge in [0.05, 0.1) is 6.21 Å². The lowest BCUT2D eigenvalue weighted by molar-refractivity contribution is 0.0952. The van der Waals surface area contributed by atoms with Crippen molar-refractivity contribution in [2.24, 2.45) is 10.8 Å². The van der Waals surface area contributed by atoms with Crippen LogP contribution in [0.25, 0.3) is 0 Å². The number of nitrogens with one attached hydrogen (secondary N) is 1. The maximum absolute atomic E-state index is 12.1. The Hall–Kier alpha value is -3.93. The first-order valence-corrected chi connectivity index (χ1v) is 8.18. The third kappa shape index (κ3) is 5.02. The molecule has 0 aliphatic carbocycles. The van der Waals surface area contributed by atoms with E-state index >= 15 is 0 Å². The van der Waals surface area contributed by atoms with E-state index in [1.807, 2.05) is 54.6 Å². The second-order valence-electron chi connectivity index (χ2n) is 5.63. The fourth-order valence-electron chi connectivity index (χ4n) is 2.30. The number of amides is 2. The molecule has 0 saturated heterocycles. The Bertz CT molecular complexity index is 967. The number of hydrogen-bond acceptors (Lipinski definition) is 4. The van der Waals surface area contributed by atoms with Gasteiger partial charge in [0.1, 0.15) is 11.5 Å². The van der Waals surface area contributed by atoms with Crippen LogP contribution in [0.1, 0.15) is 26.3 Å². The van der Waals surface area contributed by atoms with Crippen molar-refractivity contribution >= 4 is 18.0 Å². The molecule has 0 bridgehead atoms. The maximum Gasteiger partial charge on any atom is 0.271 e. The molecule has 0 heterocycles. The lowest BCUT2D eigenvalue weighted by Crippen LogP contribution is -2.18. The highest BCUT2D eigenvalue weighted by molar-refractivity contribution is 5.97. The van der Waals surface area contributed by atoms with Gasteiger partial charge in [-0.15, -0.1) is 0 Å². The minimum atomic E-state index is -0.544. The molecule has 0 aliphatic heterocycles. The van der Waals surface area contributed by atoms with Gasteiger partial charge in [-0.1, -0.05) is 30.3 Å². The number of nitrogens with zero attached hydrogens (tertiary/aromatic N) is 1. The smallest absolute Gasteiger partial charge is 0.271 e. The maximum atomic E-state index is 12.1. The van der Waals surface area contributed by atoms with E-state index in [4.69, 9.17) is 10.5 Å². The number of rotatable bonds is 6. The minimum absolute atomic E-state index is 0.338. The zero-order valence-electron chi connectivity index (χ0n) is 14.3. The molecule has 2 amide bonds. The zero-order valence-corrected chi connectivity index (χ0v) is 14.3. The molecule has 0 radical (unpaired) electrons. The van der Waals surface area contributed by atoms with Crippen LogP contribution >= 0.6 is 0 Å². The molecule has 0 fully saturated rings. The predicted molar refractivity (Wildman–Crippen MR) is 103 cm³/mol. The fraction of sp³-hybridized carbons (Fsp3) is 0. The summed E-state index contributed by atoms with van der Waals surface area (Å²) >= 11 is 0. The number of hydrogen-bond donors (Lipinski definition) is 2. The highest BCUT2D eigenvalue weighted by Crippen LogP contribution is 2.21. The summed E-state index contributed by atoms with van der Waals surface area (Å²) in [7, 11) is 0. The Labute approximate surface area is 156 Å². The van der Waals surface area contributed by atoms with Crippen molar-refractivity contribution in [3.05, 3.63) is 95.6 Å². The summed E-state index contributed by atoms with van der Waals surface area (Å²) in [5.74, 6) is 0.467. The molecule has 0 saturated carbocycles. The van der Waals surface area contributed by atoms with Gasteiger partial charge in [0.2, 0.25) is 5.91 Å². The summed E-state index contributed by atoms with van der Waals surface area (Å²) in [6.45, 7) is 0. The van der Waals surface area contributed by atoms with E-state index in [1.165, 1.54) is 30.5 Å². The number of nitrogens with two attached hydrogens (primary N) is 1. The van der Waals surface area contributed by atoms with Gasteiger partial charge < -0.3 is 10.5 Å². The van der Waals surface area contributed by atoms with E-state index < -0.39 is 5.91 Å². The largest absolute Gasteiger partial charge is 0.457 e. The van der Waals surface area contributed by atoms with E-state index in [1.54, 1.807) is 0 Å². The number of hydrazone groups is 1. The Morgan fingerprint density at radius 1 is 0.852 bits per heavy atom. The summed E-state index contributed by atoms with van der Waals surface area (Å²) in [6, 6.07) is 22.8. The first-order chi connectivity index (χ1) is 13.1. The predicted octanol–water partition coefficient (Wildman–Crippen LogP) is 3.34. The van der Waals surface area contributed by atoms with Crippen LogP contribution < -0.4 is 15.9 Å². The number of carbonyl (C=O) groups excluding carboxylic acids is 2. The van der Waals surface area contributed by atoms with Gasteiger partial charge in [-0.2, -0.15) is 5.10 Å². The van der Waals surface area contributed by atoms with Gasteiger partial charge in [-0.25, -0.2) is 5.43 Å². The molecule has 134 valence electrons. The fourth-order valence-corrected chi connectivity index (χ4v) is 2.30. The highest BCUT2D eigenvalue weighted by Gasteiger charge is 2.06. The van der Waals surface area contributed by atoms with Gasteiger partial charge in [-0.3, -0.25) is 9.59 Å². The van der Waals surface area contributed by atoms with Crippen LogP contribution in [0.15, 0.2) is 84.0 Å². The van der Waals surface area contributed by atoms with Gasteiger partial charge in [0.15, 0.2) is 0 Å². The highest BCUT2D eigenvalue weighted by atomic mass is 16.5. The first kappa shape index (κ1) is 17.9. The van der Waals surface area contributed by atoms with E-state index in [9.17, 15) is 9.59 Å². The second kappa shape index (κ2) is 8.44. The molecular weight excluding hydrogens is 342 g/mol.